The predicted molar refractivity (Wildman–Crippen MR) is 76.7 cm³/mol. The molecule has 0 saturated heterocycles. The van der Waals surface area contributed by atoms with Gasteiger partial charge in [-0.25, -0.2) is 4.98 Å². The van der Waals surface area contributed by atoms with Crippen LogP contribution in [0, 0.1) is 0 Å². The lowest BCUT2D eigenvalue weighted by Crippen LogP contribution is -2.07. The van der Waals surface area contributed by atoms with E-state index in [0.717, 1.165) is 22.8 Å². The van der Waals surface area contributed by atoms with Crippen LogP contribution in [-0.2, 0) is 11.3 Å². The van der Waals surface area contributed by atoms with Crippen LogP contribution >= 0.6 is 11.3 Å². The average Bonchev–Trinajstić information content (AvgIpc) is 2.89. The Morgan fingerprint density at radius 1 is 1.47 bits per heavy atom. The van der Waals surface area contributed by atoms with Crippen molar-refractivity contribution >= 4 is 28.6 Å². The van der Waals surface area contributed by atoms with E-state index >= 15 is 0 Å². The molecule has 0 atom stereocenters. The summed E-state index contributed by atoms with van der Waals surface area (Å²) in [5, 5.41) is 7.97. The van der Waals surface area contributed by atoms with Crippen molar-refractivity contribution in [3.05, 3.63) is 34.8 Å². The Morgan fingerprint density at radius 2 is 2.32 bits per heavy atom. The molecule has 100 valence electrons. The number of carbonyl (C=O) groups is 1. The van der Waals surface area contributed by atoms with Crippen LogP contribution in [0.25, 0.3) is 0 Å². The highest BCUT2D eigenvalue weighted by Crippen LogP contribution is 2.28. The van der Waals surface area contributed by atoms with Crippen molar-refractivity contribution in [3.63, 3.8) is 0 Å². The van der Waals surface area contributed by atoms with Crippen LogP contribution in [0.4, 0.5) is 11.4 Å². The standard InChI is InChI=1S/C13H15N3O2S/c1-9(17)16-10-3-4-13(18-2)12(5-10)14-6-11-7-19-8-15-11/h3-5,7-8,14H,6H2,1-2H3,(H,16,17). The first-order valence-electron chi connectivity index (χ1n) is 5.75. The topological polar surface area (TPSA) is 63.2 Å². The molecule has 1 aromatic carbocycles. The van der Waals surface area contributed by atoms with Gasteiger partial charge in [0.25, 0.3) is 0 Å². The average molecular weight is 277 g/mol. The molecule has 0 bridgehead atoms. The van der Waals surface area contributed by atoms with Gasteiger partial charge in [0.15, 0.2) is 0 Å². The van der Waals surface area contributed by atoms with Crippen LogP contribution in [0.5, 0.6) is 5.75 Å². The van der Waals surface area contributed by atoms with E-state index in [-0.39, 0.29) is 5.91 Å². The fraction of sp³-hybridized carbons (Fsp3) is 0.231. The summed E-state index contributed by atoms with van der Waals surface area (Å²) >= 11 is 1.56. The molecule has 0 aliphatic rings. The normalized spacial score (nSPS) is 10.0. The first-order valence-corrected chi connectivity index (χ1v) is 6.70. The third-order valence-corrected chi connectivity index (χ3v) is 3.10. The minimum absolute atomic E-state index is 0.101. The fourth-order valence-corrected chi connectivity index (χ4v) is 2.20. The summed E-state index contributed by atoms with van der Waals surface area (Å²) in [5.41, 5.74) is 4.31. The Kier molecular flexibility index (Phi) is 4.35. The van der Waals surface area contributed by atoms with Crippen molar-refractivity contribution in [1.29, 1.82) is 0 Å². The smallest absolute Gasteiger partial charge is 0.221 e. The number of nitrogens with one attached hydrogen (secondary N) is 2. The van der Waals surface area contributed by atoms with Gasteiger partial charge in [-0.15, -0.1) is 11.3 Å². The number of hydrogen-bond donors (Lipinski definition) is 2. The second-order valence-corrected chi connectivity index (χ2v) is 4.65. The zero-order chi connectivity index (χ0) is 13.7. The molecule has 0 fully saturated rings. The van der Waals surface area contributed by atoms with Gasteiger partial charge < -0.3 is 15.4 Å². The molecule has 2 rings (SSSR count). The summed E-state index contributed by atoms with van der Waals surface area (Å²) in [6.07, 6.45) is 0. The molecule has 1 amide bonds. The number of anilines is 2. The number of hydrogen-bond acceptors (Lipinski definition) is 5. The zero-order valence-corrected chi connectivity index (χ0v) is 11.6. The van der Waals surface area contributed by atoms with Crippen LogP contribution in [0.3, 0.4) is 0 Å². The first-order chi connectivity index (χ1) is 9.19. The fourth-order valence-electron chi connectivity index (χ4n) is 1.64. The van der Waals surface area contributed by atoms with Crippen molar-refractivity contribution < 1.29 is 9.53 Å². The summed E-state index contributed by atoms with van der Waals surface area (Å²) in [7, 11) is 1.61. The first kappa shape index (κ1) is 13.4. The van der Waals surface area contributed by atoms with Crippen molar-refractivity contribution in [1.82, 2.24) is 4.98 Å². The molecule has 1 aromatic heterocycles. The Labute approximate surface area is 115 Å². The number of thiazole rings is 1. The third kappa shape index (κ3) is 3.69. The van der Waals surface area contributed by atoms with E-state index in [1.165, 1.54) is 6.92 Å². The lowest BCUT2D eigenvalue weighted by atomic mass is 10.2. The summed E-state index contributed by atoms with van der Waals surface area (Å²) in [4.78, 5) is 15.3. The molecular weight excluding hydrogens is 262 g/mol. The van der Waals surface area contributed by atoms with Gasteiger partial charge in [0.1, 0.15) is 5.75 Å². The van der Waals surface area contributed by atoms with E-state index in [2.05, 4.69) is 15.6 Å². The van der Waals surface area contributed by atoms with Crippen molar-refractivity contribution in [2.24, 2.45) is 0 Å². The van der Waals surface area contributed by atoms with E-state index < -0.39 is 0 Å². The zero-order valence-electron chi connectivity index (χ0n) is 10.8. The van der Waals surface area contributed by atoms with E-state index in [1.807, 2.05) is 17.5 Å². The van der Waals surface area contributed by atoms with Crippen molar-refractivity contribution in [2.75, 3.05) is 17.7 Å². The number of methoxy groups -OCH3 is 1. The Balaban J connectivity index is 2.13. The van der Waals surface area contributed by atoms with Gasteiger partial charge in [-0.05, 0) is 18.2 Å². The van der Waals surface area contributed by atoms with Crippen LogP contribution in [-0.4, -0.2) is 18.0 Å². The van der Waals surface area contributed by atoms with Gasteiger partial charge in [0, 0.05) is 18.0 Å². The molecule has 2 N–H and O–H groups in total. The molecule has 6 heteroatoms. The molecule has 0 spiro atoms. The highest BCUT2D eigenvalue weighted by Gasteiger charge is 2.05. The van der Waals surface area contributed by atoms with E-state index in [1.54, 1.807) is 30.0 Å². The van der Waals surface area contributed by atoms with Crippen LogP contribution in [0.15, 0.2) is 29.1 Å². The van der Waals surface area contributed by atoms with Crippen molar-refractivity contribution in [2.45, 2.75) is 13.5 Å². The Bertz CT molecular complexity index is 555. The van der Waals surface area contributed by atoms with Gasteiger partial charge in [0.2, 0.25) is 5.91 Å². The van der Waals surface area contributed by atoms with Crippen molar-refractivity contribution in [3.8, 4) is 5.75 Å². The molecule has 0 aliphatic heterocycles. The number of amides is 1. The highest BCUT2D eigenvalue weighted by molar-refractivity contribution is 7.07. The highest BCUT2D eigenvalue weighted by atomic mass is 32.1. The minimum atomic E-state index is -0.101. The third-order valence-electron chi connectivity index (χ3n) is 2.46. The molecular formula is C13H15N3O2S. The number of benzene rings is 1. The van der Waals surface area contributed by atoms with Gasteiger partial charge >= 0.3 is 0 Å². The van der Waals surface area contributed by atoms with E-state index in [0.29, 0.717) is 6.54 Å². The maximum absolute atomic E-state index is 11.1. The monoisotopic (exact) mass is 277 g/mol. The number of carbonyl (C=O) groups excluding carboxylic acids is 1. The van der Waals surface area contributed by atoms with Crippen LogP contribution in [0.1, 0.15) is 12.6 Å². The molecule has 19 heavy (non-hydrogen) atoms. The number of nitrogens with zero attached hydrogens (tertiary/aromatic N) is 1. The molecule has 0 unspecified atom stereocenters. The largest absolute Gasteiger partial charge is 0.495 e. The Hall–Kier alpha value is -2.08. The molecule has 0 radical (unpaired) electrons. The SMILES string of the molecule is COc1ccc(NC(C)=O)cc1NCc1cscn1. The molecule has 5 nitrogen and oxygen atoms in total. The van der Waals surface area contributed by atoms with E-state index in [9.17, 15) is 4.79 Å². The molecule has 0 aliphatic carbocycles. The van der Waals surface area contributed by atoms with Gasteiger partial charge in [-0.1, -0.05) is 0 Å². The maximum atomic E-state index is 11.1. The van der Waals surface area contributed by atoms with Crippen LogP contribution in [0.2, 0.25) is 0 Å². The lowest BCUT2D eigenvalue weighted by molar-refractivity contribution is -0.114. The van der Waals surface area contributed by atoms with E-state index in [4.69, 9.17) is 4.74 Å². The molecule has 0 saturated carbocycles. The Morgan fingerprint density at radius 3 is 2.95 bits per heavy atom. The van der Waals surface area contributed by atoms with Gasteiger partial charge in [-0.3, -0.25) is 4.79 Å². The second kappa shape index (κ2) is 6.19. The number of aromatic nitrogens is 1. The van der Waals surface area contributed by atoms with Crippen LogP contribution < -0.4 is 15.4 Å². The quantitative estimate of drug-likeness (QED) is 0.882. The summed E-state index contributed by atoms with van der Waals surface area (Å²) in [5.74, 6) is 0.625. The predicted octanol–water partition coefficient (Wildman–Crippen LogP) is 2.72. The molecule has 2 aromatic rings. The number of ether oxygens (including phenoxy) is 1. The maximum Gasteiger partial charge on any atom is 0.221 e. The van der Waals surface area contributed by atoms with Gasteiger partial charge in [-0.2, -0.15) is 0 Å². The lowest BCUT2D eigenvalue weighted by Gasteiger charge is -2.12. The summed E-state index contributed by atoms with van der Waals surface area (Å²) < 4.78 is 5.28. The summed E-state index contributed by atoms with van der Waals surface area (Å²) in [6, 6.07) is 5.45. The minimum Gasteiger partial charge on any atom is -0.495 e. The number of rotatable bonds is 5. The summed E-state index contributed by atoms with van der Waals surface area (Å²) in [6.45, 7) is 2.09. The second-order valence-electron chi connectivity index (χ2n) is 3.93. The molecule has 1 heterocycles. The van der Waals surface area contributed by atoms with Gasteiger partial charge in [0.05, 0.1) is 30.5 Å².